The molecule has 0 fully saturated rings. The number of hydrogen-bond donors (Lipinski definition) is 0. The zero-order chi connectivity index (χ0) is 8.74. The van der Waals surface area contributed by atoms with Crippen LogP contribution in [0, 0.1) is 0 Å². The third-order valence-corrected chi connectivity index (χ3v) is 4.92. The van der Waals surface area contributed by atoms with Gasteiger partial charge >= 0.3 is 8.40 Å². The average molecular weight is 170 g/mol. The van der Waals surface area contributed by atoms with E-state index in [0.29, 0.717) is 12.1 Å². The number of isocyanates is 2. The molecule has 0 N–H and O–H groups in total. The molecule has 0 aliphatic heterocycles. The normalized spacial score (nSPS) is 9.64. The molecule has 0 rings (SSSR count). The third kappa shape index (κ3) is 2.59. The Kier molecular flexibility index (Phi) is 4.30. The summed E-state index contributed by atoms with van der Waals surface area (Å²) in [5.74, 6) is 0. The van der Waals surface area contributed by atoms with Crippen LogP contribution in [0.3, 0.4) is 0 Å². The van der Waals surface area contributed by atoms with E-state index in [-0.39, 0.29) is 0 Å². The molecular formula is C6H10N2O2Si. The molecule has 0 spiro atoms. The van der Waals surface area contributed by atoms with Gasteiger partial charge in [0.05, 0.1) is 0 Å². The van der Waals surface area contributed by atoms with E-state index in [2.05, 4.69) is 9.32 Å². The lowest BCUT2D eigenvalue weighted by Crippen LogP contribution is -2.27. The van der Waals surface area contributed by atoms with Crippen LogP contribution >= 0.6 is 0 Å². The number of rotatable bonds is 4. The van der Waals surface area contributed by atoms with Crippen LogP contribution in [0.4, 0.5) is 0 Å². The monoisotopic (exact) mass is 170 g/mol. The van der Waals surface area contributed by atoms with E-state index in [0.717, 1.165) is 0 Å². The van der Waals surface area contributed by atoms with Gasteiger partial charge in [0.25, 0.3) is 0 Å². The lowest BCUT2D eigenvalue weighted by atomic mass is 10.9. The topological polar surface area (TPSA) is 58.9 Å². The molecule has 0 bridgehead atoms. The zero-order valence-electron chi connectivity index (χ0n) is 6.63. The summed E-state index contributed by atoms with van der Waals surface area (Å²) in [6.45, 7) is 3.72. The van der Waals surface area contributed by atoms with Crippen molar-refractivity contribution >= 4 is 20.6 Å². The van der Waals surface area contributed by atoms with Crippen LogP contribution in [0.2, 0.25) is 12.1 Å². The maximum absolute atomic E-state index is 9.97. The predicted molar refractivity (Wildman–Crippen MR) is 43.0 cm³/mol. The highest BCUT2D eigenvalue weighted by molar-refractivity contribution is 6.77. The van der Waals surface area contributed by atoms with Gasteiger partial charge in [0.1, 0.15) is 0 Å². The highest BCUT2D eigenvalue weighted by Crippen LogP contribution is 2.16. The van der Waals surface area contributed by atoms with E-state index in [1.54, 1.807) is 0 Å². The van der Waals surface area contributed by atoms with Gasteiger partial charge in [0, 0.05) is 0 Å². The molecule has 4 nitrogen and oxygen atoms in total. The summed E-state index contributed by atoms with van der Waals surface area (Å²) in [5, 5.41) is 0. The molecule has 0 radical (unpaired) electrons. The lowest BCUT2D eigenvalue weighted by Gasteiger charge is -2.12. The van der Waals surface area contributed by atoms with E-state index in [9.17, 15) is 9.59 Å². The predicted octanol–water partition coefficient (Wildman–Crippen LogP) is 1.14. The van der Waals surface area contributed by atoms with Crippen molar-refractivity contribution in [2.45, 2.75) is 25.9 Å². The van der Waals surface area contributed by atoms with Crippen LogP contribution in [0.25, 0.3) is 0 Å². The number of nitrogens with zero attached hydrogens (tertiary/aromatic N) is 2. The Morgan fingerprint density at radius 3 is 1.64 bits per heavy atom. The summed E-state index contributed by atoms with van der Waals surface area (Å²) < 4.78 is 7.17. The second kappa shape index (κ2) is 4.74. The van der Waals surface area contributed by atoms with E-state index < -0.39 is 8.40 Å². The van der Waals surface area contributed by atoms with Crippen molar-refractivity contribution in [3.05, 3.63) is 0 Å². The molecule has 0 aliphatic rings. The van der Waals surface area contributed by atoms with Crippen LogP contribution in [0.5, 0.6) is 0 Å². The Morgan fingerprint density at radius 1 is 1.09 bits per heavy atom. The summed E-state index contributed by atoms with van der Waals surface area (Å²) >= 11 is 0. The van der Waals surface area contributed by atoms with Gasteiger partial charge in [0.2, 0.25) is 12.2 Å². The van der Waals surface area contributed by atoms with Crippen molar-refractivity contribution in [2.24, 2.45) is 9.32 Å². The smallest absolute Gasteiger partial charge is 0.218 e. The molecule has 5 heteroatoms. The summed E-state index contributed by atoms with van der Waals surface area (Å²) in [5.41, 5.74) is 0. The standard InChI is InChI=1S/C6H10N2O2Si/c1-3-11(4-2,7-5-9)8-6-10/h3-4H2,1-2H3. The second-order valence-electron chi connectivity index (χ2n) is 2.10. The van der Waals surface area contributed by atoms with Crippen LogP contribution in [0.1, 0.15) is 13.8 Å². The fraction of sp³-hybridized carbons (Fsp3) is 0.667. The Hall–Kier alpha value is -1.02. The molecule has 0 saturated heterocycles. The molecule has 11 heavy (non-hydrogen) atoms. The van der Waals surface area contributed by atoms with Gasteiger partial charge in [-0.3, -0.25) is 0 Å². The fourth-order valence-corrected chi connectivity index (χ4v) is 2.28. The van der Waals surface area contributed by atoms with Crippen LogP contribution in [-0.4, -0.2) is 20.6 Å². The van der Waals surface area contributed by atoms with Crippen molar-refractivity contribution in [2.75, 3.05) is 0 Å². The van der Waals surface area contributed by atoms with Gasteiger partial charge < -0.3 is 0 Å². The molecule has 0 amide bonds. The molecule has 0 atom stereocenters. The number of hydrogen-bond acceptors (Lipinski definition) is 4. The van der Waals surface area contributed by atoms with Crippen molar-refractivity contribution in [1.82, 2.24) is 0 Å². The summed E-state index contributed by atoms with van der Waals surface area (Å²) in [6.07, 6.45) is 2.92. The minimum atomic E-state index is -2.34. The Bertz CT molecular complexity index is 193. The summed E-state index contributed by atoms with van der Waals surface area (Å²) in [4.78, 5) is 19.9. The number of carbonyl (C=O) groups excluding carboxylic acids is 2. The largest absolute Gasteiger partial charge is 0.330 e. The minimum Gasteiger partial charge on any atom is -0.218 e. The molecule has 60 valence electrons. The van der Waals surface area contributed by atoms with Crippen molar-refractivity contribution in [1.29, 1.82) is 0 Å². The van der Waals surface area contributed by atoms with E-state index in [4.69, 9.17) is 0 Å². The van der Waals surface area contributed by atoms with E-state index in [1.807, 2.05) is 13.8 Å². The van der Waals surface area contributed by atoms with Crippen molar-refractivity contribution < 1.29 is 9.59 Å². The first-order chi connectivity index (χ1) is 5.24. The van der Waals surface area contributed by atoms with Crippen molar-refractivity contribution in [3.63, 3.8) is 0 Å². The summed E-state index contributed by atoms with van der Waals surface area (Å²) in [7, 11) is -2.34. The molecule has 0 unspecified atom stereocenters. The molecule has 0 aromatic heterocycles. The van der Waals surface area contributed by atoms with Gasteiger partial charge in [0.15, 0.2) is 0 Å². The molecule has 0 aromatic rings. The van der Waals surface area contributed by atoms with E-state index in [1.165, 1.54) is 12.2 Å². The molecular weight excluding hydrogens is 160 g/mol. The first-order valence-corrected chi connectivity index (χ1v) is 5.73. The third-order valence-electron chi connectivity index (χ3n) is 1.64. The highest BCUT2D eigenvalue weighted by atomic mass is 28.3. The molecule has 0 saturated carbocycles. The van der Waals surface area contributed by atoms with E-state index >= 15 is 0 Å². The quantitative estimate of drug-likeness (QED) is 0.361. The fourth-order valence-electron chi connectivity index (χ4n) is 0.761. The molecule has 0 aromatic carbocycles. The van der Waals surface area contributed by atoms with Gasteiger partial charge in [-0.05, 0) is 12.1 Å². The first-order valence-electron chi connectivity index (χ1n) is 3.42. The molecule has 0 aliphatic carbocycles. The lowest BCUT2D eigenvalue weighted by molar-refractivity contribution is 0.565. The zero-order valence-corrected chi connectivity index (χ0v) is 7.63. The second-order valence-corrected chi connectivity index (χ2v) is 5.92. The van der Waals surface area contributed by atoms with Gasteiger partial charge in [-0.1, -0.05) is 13.8 Å². The van der Waals surface area contributed by atoms with Crippen LogP contribution in [-0.2, 0) is 9.59 Å². The Labute approximate surface area is 66.2 Å². The van der Waals surface area contributed by atoms with Gasteiger partial charge in [-0.25, -0.2) is 18.9 Å². The van der Waals surface area contributed by atoms with Gasteiger partial charge in [-0.2, -0.15) is 0 Å². The molecule has 0 heterocycles. The maximum Gasteiger partial charge on any atom is 0.330 e. The Morgan fingerprint density at radius 2 is 1.45 bits per heavy atom. The minimum absolute atomic E-state index is 0.647. The average Bonchev–Trinajstić information content (AvgIpc) is 2.04. The maximum atomic E-state index is 9.97. The summed E-state index contributed by atoms with van der Waals surface area (Å²) in [6, 6.07) is 1.29. The highest BCUT2D eigenvalue weighted by Gasteiger charge is 2.29. The van der Waals surface area contributed by atoms with Crippen LogP contribution in [0.15, 0.2) is 9.32 Å². The van der Waals surface area contributed by atoms with Crippen LogP contribution < -0.4 is 0 Å². The van der Waals surface area contributed by atoms with Crippen molar-refractivity contribution in [3.8, 4) is 0 Å². The van der Waals surface area contributed by atoms with Gasteiger partial charge in [-0.15, -0.1) is 0 Å². The SMILES string of the molecule is CC[Si](CC)(N=C=O)N=C=O. The first kappa shape index (κ1) is 9.98. The Balaban J connectivity index is 4.72.